The van der Waals surface area contributed by atoms with Crippen molar-refractivity contribution in [3.05, 3.63) is 17.0 Å². The molecule has 3 saturated carbocycles. The summed E-state index contributed by atoms with van der Waals surface area (Å²) in [6, 6.07) is 0.568. The largest absolute Gasteiger partial charge is 0.347 e. The molecular weight excluding hydrogens is 388 g/mol. The van der Waals surface area contributed by atoms with Gasteiger partial charge in [-0.15, -0.1) is 0 Å². The molecule has 1 N–H and O–H groups in total. The quantitative estimate of drug-likeness (QED) is 0.786. The van der Waals surface area contributed by atoms with Gasteiger partial charge >= 0.3 is 0 Å². The van der Waals surface area contributed by atoms with E-state index < -0.39 is 0 Å². The van der Waals surface area contributed by atoms with Gasteiger partial charge in [-0.05, 0) is 48.9 Å². The van der Waals surface area contributed by atoms with Gasteiger partial charge in [-0.25, -0.2) is 0 Å². The molecule has 2 heterocycles. The van der Waals surface area contributed by atoms with Crippen LogP contribution < -0.4 is 5.32 Å². The number of nitrogens with one attached hydrogen (secondary N) is 1. The minimum absolute atomic E-state index is 0.0388. The molecule has 1 aliphatic heterocycles. The number of hydrogen-bond donors (Lipinski definition) is 1. The standard InChI is InChI=1S/C25H38N4O2/c1-16(30)28-13-11-20-19(15-28)21(27-29(20)18-8-6-5-7-9-18)22(31)26-23-24(2,3)17-10-12-25(23,4)14-17/h17-18,23H,5-15H2,1-4H3,(H,26,31)/t17-,23?,25+/m1/s1. The van der Waals surface area contributed by atoms with Gasteiger partial charge in [-0.3, -0.25) is 14.3 Å². The first kappa shape index (κ1) is 21.0. The molecule has 170 valence electrons. The van der Waals surface area contributed by atoms with Crippen LogP contribution >= 0.6 is 0 Å². The summed E-state index contributed by atoms with van der Waals surface area (Å²) in [5.74, 6) is 0.719. The number of carbonyl (C=O) groups excluding carboxylic acids is 2. The molecule has 2 bridgehead atoms. The normalized spacial score (nSPS) is 32.2. The minimum atomic E-state index is -0.0388. The highest BCUT2D eigenvalue weighted by Crippen LogP contribution is 2.62. The van der Waals surface area contributed by atoms with Gasteiger partial charge in [-0.1, -0.05) is 40.0 Å². The highest BCUT2D eigenvalue weighted by atomic mass is 16.2. The molecule has 3 fully saturated rings. The van der Waals surface area contributed by atoms with Crippen LogP contribution in [0.2, 0.25) is 0 Å². The van der Waals surface area contributed by atoms with Crippen molar-refractivity contribution in [3.63, 3.8) is 0 Å². The minimum Gasteiger partial charge on any atom is -0.347 e. The molecular formula is C25H38N4O2. The third kappa shape index (κ3) is 3.32. The van der Waals surface area contributed by atoms with E-state index in [-0.39, 0.29) is 28.7 Å². The van der Waals surface area contributed by atoms with Crippen molar-refractivity contribution in [1.82, 2.24) is 20.0 Å². The van der Waals surface area contributed by atoms with Crippen LogP contribution in [-0.4, -0.2) is 39.1 Å². The van der Waals surface area contributed by atoms with E-state index in [0.29, 0.717) is 24.2 Å². The van der Waals surface area contributed by atoms with Crippen LogP contribution in [0, 0.1) is 16.7 Å². The number of rotatable bonds is 3. The van der Waals surface area contributed by atoms with Gasteiger partial charge in [0.1, 0.15) is 0 Å². The monoisotopic (exact) mass is 426 g/mol. The average Bonchev–Trinajstić information content (AvgIpc) is 3.38. The molecule has 0 radical (unpaired) electrons. The Morgan fingerprint density at radius 2 is 1.84 bits per heavy atom. The van der Waals surface area contributed by atoms with E-state index in [1.54, 1.807) is 6.92 Å². The van der Waals surface area contributed by atoms with E-state index in [9.17, 15) is 9.59 Å². The second-order valence-corrected chi connectivity index (χ2v) is 11.5. The van der Waals surface area contributed by atoms with E-state index in [0.717, 1.165) is 31.4 Å². The second kappa shape index (κ2) is 7.35. The first-order valence-electron chi connectivity index (χ1n) is 12.4. The van der Waals surface area contributed by atoms with Crippen LogP contribution in [0.15, 0.2) is 0 Å². The molecule has 0 saturated heterocycles. The smallest absolute Gasteiger partial charge is 0.272 e. The Morgan fingerprint density at radius 1 is 1.10 bits per heavy atom. The zero-order valence-corrected chi connectivity index (χ0v) is 19.7. The molecule has 6 nitrogen and oxygen atoms in total. The maximum Gasteiger partial charge on any atom is 0.272 e. The van der Waals surface area contributed by atoms with Crippen LogP contribution in [0.4, 0.5) is 0 Å². The lowest BCUT2D eigenvalue weighted by atomic mass is 9.68. The fourth-order valence-corrected chi connectivity index (χ4v) is 7.39. The van der Waals surface area contributed by atoms with Crippen LogP contribution in [0.5, 0.6) is 0 Å². The van der Waals surface area contributed by atoms with Crippen molar-refractivity contribution < 1.29 is 9.59 Å². The maximum absolute atomic E-state index is 13.7. The van der Waals surface area contributed by atoms with Gasteiger partial charge in [0.15, 0.2) is 5.69 Å². The summed E-state index contributed by atoms with van der Waals surface area (Å²) in [5.41, 5.74) is 3.03. The molecule has 3 aliphatic carbocycles. The van der Waals surface area contributed by atoms with Gasteiger partial charge in [0, 0.05) is 43.7 Å². The van der Waals surface area contributed by atoms with Gasteiger partial charge in [0.25, 0.3) is 5.91 Å². The molecule has 3 atom stereocenters. The molecule has 1 aromatic heterocycles. The fourth-order valence-electron chi connectivity index (χ4n) is 7.39. The Hall–Kier alpha value is -1.85. The Labute approximate surface area is 186 Å². The number of hydrogen-bond acceptors (Lipinski definition) is 3. The average molecular weight is 427 g/mol. The van der Waals surface area contributed by atoms with E-state index in [4.69, 9.17) is 5.10 Å². The highest BCUT2D eigenvalue weighted by Gasteiger charge is 2.59. The van der Waals surface area contributed by atoms with E-state index in [2.05, 4.69) is 30.8 Å². The lowest BCUT2D eigenvalue weighted by molar-refractivity contribution is -0.129. The SMILES string of the molecule is CC(=O)N1CCc2c(c(C(=O)NC3C(C)(C)[C@@H]4CC[C@@]3(C)C4)nn2C2CCCCC2)C1. The fraction of sp³-hybridized carbons (Fsp3) is 0.800. The van der Waals surface area contributed by atoms with Crippen molar-refractivity contribution in [1.29, 1.82) is 0 Å². The Morgan fingerprint density at radius 3 is 2.48 bits per heavy atom. The predicted molar refractivity (Wildman–Crippen MR) is 120 cm³/mol. The zero-order chi connectivity index (χ0) is 22.0. The molecule has 0 spiro atoms. The van der Waals surface area contributed by atoms with Crippen LogP contribution in [-0.2, 0) is 17.8 Å². The third-order valence-corrected chi connectivity index (χ3v) is 9.21. The van der Waals surface area contributed by atoms with Crippen molar-refractivity contribution >= 4 is 11.8 Å². The topological polar surface area (TPSA) is 67.2 Å². The zero-order valence-electron chi connectivity index (χ0n) is 19.7. The van der Waals surface area contributed by atoms with Crippen molar-refractivity contribution in [2.75, 3.05) is 6.54 Å². The number of amides is 2. The summed E-state index contributed by atoms with van der Waals surface area (Å²) in [5, 5.41) is 8.40. The summed E-state index contributed by atoms with van der Waals surface area (Å²) in [6.07, 6.45) is 10.5. The van der Waals surface area contributed by atoms with Crippen molar-refractivity contribution in [2.24, 2.45) is 16.7 Å². The molecule has 31 heavy (non-hydrogen) atoms. The van der Waals surface area contributed by atoms with Crippen molar-refractivity contribution in [2.45, 2.75) is 104 Å². The van der Waals surface area contributed by atoms with E-state index in [1.807, 2.05) is 4.90 Å². The number of carbonyl (C=O) groups is 2. The van der Waals surface area contributed by atoms with Gasteiger partial charge in [-0.2, -0.15) is 5.10 Å². The lowest BCUT2D eigenvalue weighted by Crippen LogP contribution is -2.52. The second-order valence-electron chi connectivity index (χ2n) is 11.5. The van der Waals surface area contributed by atoms with Crippen LogP contribution in [0.25, 0.3) is 0 Å². The Bertz CT molecular complexity index is 893. The predicted octanol–water partition coefficient (Wildman–Crippen LogP) is 4.24. The molecule has 2 amide bonds. The van der Waals surface area contributed by atoms with E-state index in [1.165, 1.54) is 44.2 Å². The number of fused-ring (bicyclic) bond motifs is 3. The molecule has 1 unspecified atom stereocenters. The number of aromatic nitrogens is 2. The molecule has 4 aliphatic rings. The molecule has 5 rings (SSSR count). The van der Waals surface area contributed by atoms with Gasteiger partial charge < -0.3 is 10.2 Å². The Kier molecular flexibility index (Phi) is 4.98. The summed E-state index contributed by atoms with van der Waals surface area (Å²) in [4.78, 5) is 27.6. The van der Waals surface area contributed by atoms with Gasteiger partial charge in [0.2, 0.25) is 5.91 Å². The lowest BCUT2D eigenvalue weighted by Gasteiger charge is -2.43. The first-order valence-corrected chi connectivity index (χ1v) is 12.4. The Balaban J connectivity index is 1.47. The first-order chi connectivity index (χ1) is 14.7. The summed E-state index contributed by atoms with van der Waals surface area (Å²) < 4.78 is 2.18. The van der Waals surface area contributed by atoms with Gasteiger partial charge in [0.05, 0.1) is 6.04 Å². The molecule has 1 aromatic rings. The highest BCUT2D eigenvalue weighted by molar-refractivity contribution is 5.94. The van der Waals surface area contributed by atoms with Crippen LogP contribution in [0.3, 0.4) is 0 Å². The molecule has 0 aromatic carbocycles. The third-order valence-electron chi connectivity index (χ3n) is 9.21. The summed E-state index contributed by atoms with van der Waals surface area (Å²) >= 11 is 0. The van der Waals surface area contributed by atoms with Crippen LogP contribution in [0.1, 0.15) is 107 Å². The van der Waals surface area contributed by atoms with Crippen molar-refractivity contribution in [3.8, 4) is 0 Å². The summed E-state index contributed by atoms with van der Waals surface area (Å²) in [7, 11) is 0. The van der Waals surface area contributed by atoms with E-state index >= 15 is 0 Å². The molecule has 6 heteroatoms. The number of nitrogens with zero attached hydrogens (tertiary/aromatic N) is 3. The maximum atomic E-state index is 13.7. The summed E-state index contributed by atoms with van der Waals surface area (Å²) in [6.45, 7) is 9.84.